The number of piperidine rings is 1. The van der Waals surface area contributed by atoms with Gasteiger partial charge in [-0.1, -0.05) is 26.2 Å². The summed E-state index contributed by atoms with van der Waals surface area (Å²) in [5.74, 6) is -0.0331. The van der Waals surface area contributed by atoms with Crippen molar-refractivity contribution in [3.8, 4) is 0 Å². The Morgan fingerprint density at radius 1 is 1.16 bits per heavy atom. The van der Waals surface area contributed by atoms with Crippen LogP contribution in [0.15, 0.2) is 0 Å². The highest BCUT2D eigenvalue weighted by Crippen LogP contribution is 2.40. The molecule has 0 spiro atoms. The van der Waals surface area contributed by atoms with E-state index in [0.717, 1.165) is 45.2 Å². The molecule has 0 aromatic rings. The molecule has 0 unspecified atom stereocenters. The zero-order valence-electron chi connectivity index (χ0n) is 11.9. The fraction of sp³-hybridized carbons (Fsp3) is 0.867. The van der Waals surface area contributed by atoms with Gasteiger partial charge in [0.25, 0.3) is 0 Å². The van der Waals surface area contributed by atoms with Crippen molar-refractivity contribution < 1.29 is 14.7 Å². The number of rotatable bonds is 3. The van der Waals surface area contributed by atoms with Crippen molar-refractivity contribution in [3.05, 3.63) is 0 Å². The van der Waals surface area contributed by atoms with Crippen LogP contribution in [0.3, 0.4) is 0 Å². The lowest BCUT2D eigenvalue weighted by molar-refractivity contribution is -0.156. The van der Waals surface area contributed by atoms with Crippen LogP contribution in [0.2, 0.25) is 0 Å². The van der Waals surface area contributed by atoms with Crippen molar-refractivity contribution in [1.82, 2.24) is 4.90 Å². The maximum Gasteiger partial charge on any atom is 0.310 e. The van der Waals surface area contributed by atoms with E-state index in [0.29, 0.717) is 18.8 Å². The second kappa shape index (κ2) is 5.93. The maximum atomic E-state index is 12.3. The average molecular weight is 267 g/mol. The summed E-state index contributed by atoms with van der Waals surface area (Å²) in [6.45, 7) is 3.81. The van der Waals surface area contributed by atoms with Crippen LogP contribution in [0.25, 0.3) is 0 Å². The summed E-state index contributed by atoms with van der Waals surface area (Å²) < 4.78 is 0. The molecule has 0 radical (unpaired) electrons. The molecule has 19 heavy (non-hydrogen) atoms. The van der Waals surface area contributed by atoms with E-state index in [1.54, 1.807) is 0 Å². The van der Waals surface area contributed by atoms with Gasteiger partial charge < -0.3 is 10.0 Å². The molecule has 1 aliphatic carbocycles. The second-order valence-electron chi connectivity index (χ2n) is 6.39. The minimum Gasteiger partial charge on any atom is -0.481 e. The van der Waals surface area contributed by atoms with Crippen LogP contribution in [0.1, 0.15) is 58.3 Å². The van der Waals surface area contributed by atoms with Crippen LogP contribution in [0.5, 0.6) is 0 Å². The Balaban J connectivity index is 1.97. The molecule has 1 saturated carbocycles. The molecule has 0 bridgehead atoms. The third kappa shape index (κ3) is 3.28. The predicted molar refractivity (Wildman–Crippen MR) is 72.7 cm³/mol. The van der Waals surface area contributed by atoms with Crippen LogP contribution in [-0.4, -0.2) is 35.0 Å². The van der Waals surface area contributed by atoms with E-state index >= 15 is 0 Å². The molecule has 1 aliphatic heterocycles. The Kier molecular flexibility index (Phi) is 4.48. The summed E-state index contributed by atoms with van der Waals surface area (Å²) in [6, 6.07) is 0. The van der Waals surface area contributed by atoms with E-state index in [1.807, 2.05) is 4.90 Å². The van der Waals surface area contributed by atoms with Gasteiger partial charge in [0.05, 0.1) is 5.41 Å². The summed E-state index contributed by atoms with van der Waals surface area (Å²) in [4.78, 5) is 25.8. The van der Waals surface area contributed by atoms with E-state index < -0.39 is 11.4 Å². The van der Waals surface area contributed by atoms with E-state index in [9.17, 15) is 14.7 Å². The summed E-state index contributed by atoms with van der Waals surface area (Å²) in [5, 5.41) is 9.51. The van der Waals surface area contributed by atoms with Gasteiger partial charge in [-0.15, -0.1) is 0 Å². The van der Waals surface area contributed by atoms with Gasteiger partial charge in [-0.25, -0.2) is 0 Å². The number of likely N-dealkylation sites (tertiary alicyclic amines) is 1. The Hall–Kier alpha value is -1.06. The minimum absolute atomic E-state index is 0.0520. The predicted octanol–water partition coefficient (Wildman–Crippen LogP) is 2.67. The van der Waals surface area contributed by atoms with E-state index in [-0.39, 0.29) is 12.3 Å². The third-order valence-corrected chi connectivity index (χ3v) is 4.89. The monoisotopic (exact) mass is 267 g/mol. The summed E-state index contributed by atoms with van der Waals surface area (Å²) in [7, 11) is 0. The number of amides is 1. The molecule has 1 N–H and O–H groups in total. The zero-order chi connectivity index (χ0) is 13.9. The minimum atomic E-state index is -0.779. The van der Waals surface area contributed by atoms with Crippen molar-refractivity contribution >= 4 is 11.9 Å². The second-order valence-corrected chi connectivity index (χ2v) is 6.39. The van der Waals surface area contributed by atoms with Gasteiger partial charge in [0.2, 0.25) is 5.91 Å². The van der Waals surface area contributed by atoms with Crippen molar-refractivity contribution in [2.45, 2.75) is 58.3 Å². The summed E-state index contributed by atoms with van der Waals surface area (Å²) >= 11 is 0. The van der Waals surface area contributed by atoms with Crippen LogP contribution < -0.4 is 0 Å². The molecule has 108 valence electrons. The van der Waals surface area contributed by atoms with Gasteiger partial charge in [-0.3, -0.25) is 9.59 Å². The van der Waals surface area contributed by atoms with Crippen LogP contribution >= 0.6 is 0 Å². The average Bonchev–Trinajstić information content (AvgIpc) is 2.40. The number of nitrogens with zero attached hydrogens (tertiary/aromatic N) is 1. The Labute approximate surface area is 115 Å². The number of carboxylic acids is 1. The maximum absolute atomic E-state index is 12.3. The molecule has 4 nitrogen and oxygen atoms in total. The van der Waals surface area contributed by atoms with Gasteiger partial charge in [0.15, 0.2) is 0 Å². The molecule has 0 atom stereocenters. The molecule has 0 aromatic carbocycles. The van der Waals surface area contributed by atoms with Gasteiger partial charge in [-0.2, -0.15) is 0 Å². The van der Waals surface area contributed by atoms with Gasteiger partial charge >= 0.3 is 5.97 Å². The van der Waals surface area contributed by atoms with E-state index in [1.165, 1.54) is 0 Å². The fourth-order valence-corrected chi connectivity index (χ4v) is 3.35. The van der Waals surface area contributed by atoms with E-state index in [2.05, 4.69) is 6.92 Å². The third-order valence-electron chi connectivity index (χ3n) is 4.89. The topological polar surface area (TPSA) is 57.6 Å². The largest absolute Gasteiger partial charge is 0.481 e. The van der Waals surface area contributed by atoms with Crippen LogP contribution in [0, 0.1) is 11.3 Å². The van der Waals surface area contributed by atoms with Crippen molar-refractivity contribution in [1.29, 1.82) is 0 Å². The van der Waals surface area contributed by atoms with Crippen molar-refractivity contribution in [2.75, 3.05) is 13.1 Å². The van der Waals surface area contributed by atoms with Gasteiger partial charge in [0.1, 0.15) is 0 Å². The molecule has 2 aliphatic rings. The first-order valence-corrected chi connectivity index (χ1v) is 7.55. The standard InChI is InChI=1S/C15H25NO3/c1-12-5-9-16(10-6-12)13(17)11-15(14(18)19)7-3-2-4-8-15/h12H,2-11H2,1H3,(H,18,19). The lowest BCUT2D eigenvalue weighted by Crippen LogP contribution is -2.43. The molecule has 0 aromatic heterocycles. The number of hydrogen-bond donors (Lipinski definition) is 1. The van der Waals surface area contributed by atoms with E-state index in [4.69, 9.17) is 0 Å². The van der Waals surface area contributed by atoms with Crippen molar-refractivity contribution in [3.63, 3.8) is 0 Å². The molecule has 2 rings (SSSR count). The molecule has 2 fully saturated rings. The number of hydrogen-bond acceptors (Lipinski definition) is 2. The van der Waals surface area contributed by atoms with Gasteiger partial charge in [-0.05, 0) is 31.6 Å². The lowest BCUT2D eigenvalue weighted by Gasteiger charge is -2.36. The highest BCUT2D eigenvalue weighted by Gasteiger charge is 2.42. The first kappa shape index (κ1) is 14.4. The Morgan fingerprint density at radius 3 is 2.26 bits per heavy atom. The number of carbonyl (C=O) groups excluding carboxylic acids is 1. The molecule has 1 saturated heterocycles. The molecule has 4 heteroatoms. The SMILES string of the molecule is CC1CCN(C(=O)CC2(C(=O)O)CCCCC2)CC1. The summed E-state index contributed by atoms with van der Waals surface area (Å²) in [5.41, 5.74) is -0.779. The first-order valence-electron chi connectivity index (χ1n) is 7.55. The first-order chi connectivity index (χ1) is 9.03. The lowest BCUT2D eigenvalue weighted by atomic mass is 9.71. The van der Waals surface area contributed by atoms with Gasteiger partial charge in [0, 0.05) is 19.5 Å². The fourth-order valence-electron chi connectivity index (χ4n) is 3.35. The molecular formula is C15H25NO3. The van der Waals surface area contributed by atoms with Crippen LogP contribution in [0.4, 0.5) is 0 Å². The molecule has 1 amide bonds. The Morgan fingerprint density at radius 2 is 1.74 bits per heavy atom. The van der Waals surface area contributed by atoms with Crippen molar-refractivity contribution in [2.24, 2.45) is 11.3 Å². The number of carboxylic acid groups (broad SMARTS) is 1. The highest BCUT2D eigenvalue weighted by molar-refractivity contribution is 5.85. The zero-order valence-corrected chi connectivity index (χ0v) is 11.9. The summed E-state index contributed by atoms with van der Waals surface area (Å²) in [6.07, 6.45) is 6.61. The smallest absolute Gasteiger partial charge is 0.310 e. The highest BCUT2D eigenvalue weighted by atomic mass is 16.4. The quantitative estimate of drug-likeness (QED) is 0.855. The molecular weight excluding hydrogens is 242 g/mol. The Bertz CT molecular complexity index is 339. The normalized spacial score (nSPS) is 24.2. The molecule has 1 heterocycles. The van der Waals surface area contributed by atoms with Crippen LogP contribution in [-0.2, 0) is 9.59 Å². The number of carbonyl (C=O) groups is 2. The number of aliphatic carboxylic acids is 1.